The van der Waals surface area contributed by atoms with Gasteiger partial charge in [0.25, 0.3) is 0 Å². The molecule has 7 nitrogen and oxygen atoms in total. The van der Waals surface area contributed by atoms with E-state index in [9.17, 15) is 22.8 Å². The van der Waals surface area contributed by atoms with Gasteiger partial charge in [-0.25, -0.2) is 4.79 Å². The summed E-state index contributed by atoms with van der Waals surface area (Å²) >= 11 is 0. The Morgan fingerprint density at radius 2 is 1.89 bits per heavy atom. The molecule has 1 aliphatic carbocycles. The molecule has 0 fully saturated rings. The number of anilines is 1. The summed E-state index contributed by atoms with van der Waals surface area (Å²) in [7, 11) is 0. The first-order valence-corrected chi connectivity index (χ1v) is 11.5. The van der Waals surface area contributed by atoms with Gasteiger partial charge >= 0.3 is 12.1 Å². The number of esters is 1. The predicted molar refractivity (Wildman–Crippen MR) is 123 cm³/mol. The van der Waals surface area contributed by atoms with Crippen LogP contribution in [0, 0.1) is 0 Å². The fourth-order valence-corrected chi connectivity index (χ4v) is 5.01. The number of hydrogen-bond donors (Lipinski definition) is 1. The molecule has 188 valence electrons. The lowest BCUT2D eigenvalue weighted by atomic mass is 9.75. The number of hydrogen-bond acceptors (Lipinski definition) is 7. The maximum absolute atomic E-state index is 14.0. The average Bonchev–Trinajstić information content (AvgIpc) is 3.31. The second kappa shape index (κ2) is 8.92. The van der Waals surface area contributed by atoms with Crippen LogP contribution < -0.4 is 20.1 Å². The highest BCUT2D eigenvalue weighted by atomic mass is 19.4. The third-order valence-corrected chi connectivity index (χ3v) is 6.47. The Kier molecular flexibility index (Phi) is 5.89. The normalized spacial score (nSPS) is 19.5. The summed E-state index contributed by atoms with van der Waals surface area (Å²) in [5, 5.41) is 0. The zero-order chi connectivity index (χ0) is 25.6. The fraction of sp³-hybridized carbons (Fsp3) is 0.308. The standard InChI is InChI=1S/C26H23F3N2O5/c1-2-34-25(33)23-21(14-10-11-19-20(12-14)36-13-35-19)22-17(8-5-9-18(22)32)31(24(23)30)16-7-4-3-6-15(16)26(27,28)29/h3-4,6-7,10-12,21H,2,5,8-9,13,30H2,1H3/t21-/m0/s1. The summed E-state index contributed by atoms with van der Waals surface area (Å²) in [6.07, 6.45) is -3.73. The van der Waals surface area contributed by atoms with E-state index < -0.39 is 23.6 Å². The number of benzene rings is 2. The first kappa shape index (κ1) is 23.8. The van der Waals surface area contributed by atoms with Gasteiger partial charge in [0, 0.05) is 17.7 Å². The third-order valence-electron chi connectivity index (χ3n) is 6.47. The van der Waals surface area contributed by atoms with Crippen LogP contribution in [0.15, 0.2) is 65.1 Å². The molecule has 0 saturated carbocycles. The monoisotopic (exact) mass is 500 g/mol. The smallest absolute Gasteiger partial charge is 0.418 e. The van der Waals surface area contributed by atoms with Crippen molar-refractivity contribution in [2.75, 3.05) is 18.3 Å². The molecule has 0 saturated heterocycles. The van der Waals surface area contributed by atoms with Crippen LogP contribution in [-0.4, -0.2) is 25.2 Å². The van der Waals surface area contributed by atoms with Crippen molar-refractivity contribution >= 4 is 17.4 Å². The molecule has 0 amide bonds. The van der Waals surface area contributed by atoms with Crippen LogP contribution >= 0.6 is 0 Å². The minimum atomic E-state index is -4.69. The second-order valence-corrected chi connectivity index (χ2v) is 8.55. The Balaban J connectivity index is 1.78. The van der Waals surface area contributed by atoms with Gasteiger partial charge < -0.3 is 19.9 Å². The second-order valence-electron chi connectivity index (χ2n) is 8.55. The largest absolute Gasteiger partial charge is 0.463 e. The quantitative estimate of drug-likeness (QED) is 0.605. The van der Waals surface area contributed by atoms with Gasteiger partial charge in [0.15, 0.2) is 17.3 Å². The number of nitrogens with zero attached hydrogens (tertiary/aromatic N) is 1. The van der Waals surface area contributed by atoms with Gasteiger partial charge in [-0.1, -0.05) is 18.2 Å². The lowest BCUT2D eigenvalue weighted by Gasteiger charge is -2.41. The van der Waals surface area contributed by atoms with Gasteiger partial charge in [0.1, 0.15) is 5.82 Å². The van der Waals surface area contributed by atoms with Crippen molar-refractivity contribution in [3.63, 3.8) is 0 Å². The Morgan fingerprint density at radius 3 is 2.64 bits per heavy atom. The van der Waals surface area contributed by atoms with E-state index in [0.717, 1.165) is 6.07 Å². The molecule has 0 unspecified atom stereocenters. The summed E-state index contributed by atoms with van der Waals surface area (Å²) in [5.74, 6) is -1.27. The van der Waals surface area contributed by atoms with Gasteiger partial charge in [-0.3, -0.25) is 9.69 Å². The molecule has 2 aromatic carbocycles. The molecule has 36 heavy (non-hydrogen) atoms. The van der Waals surface area contributed by atoms with Crippen molar-refractivity contribution in [1.82, 2.24) is 0 Å². The molecule has 2 aromatic rings. The van der Waals surface area contributed by atoms with E-state index in [0.29, 0.717) is 35.6 Å². The van der Waals surface area contributed by atoms with E-state index in [4.69, 9.17) is 19.9 Å². The van der Waals surface area contributed by atoms with Crippen molar-refractivity contribution in [3.8, 4) is 11.5 Å². The van der Waals surface area contributed by atoms with Crippen LogP contribution in [-0.2, 0) is 20.5 Å². The number of carbonyl (C=O) groups is 2. The van der Waals surface area contributed by atoms with E-state index in [1.807, 2.05) is 0 Å². The third kappa shape index (κ3) is 3.86. The highest BCUT2D eigenvalue weighted by Gasteiger charge is 2.45. The van der Waals surface area contributed by atoms with Gasteiger partial charge in [0.2, 0.25) is 6.79 Å². The fourth-order valence-electron chi connectivity index (χ4n) is 5.01. The number of nitrogens with two attached hydrogens (primary N) is 1. The number of alkyl halides is 3. The predicted octanol–water partition coefficient (Wildman–Crippen LogP) is 4.78. The van der Waals surface area contributed by atoms with Gasteiger partial charge in [-0.15, -0.1) is 0 Å². The first-order valence-electron chi connectivity index (χ1n) is 11.5. The van der Waals surface area contributed by atoms with Crippen molar-refractivity contribution < 1.29 is 37.0 Å². The zero-order valence-corrected chi connectivity index (χ0v) is 19.4. The number of ketones is 1. The topological polar surface area (TPSA) is 91.1 Å². The van der Waals surface area contributed by atoms with Gasteiger partial charge in [-0.2, -0.15) is 13.2 Å². The molecule has 2 N–H and O–H groups in total. The van der Waals surface area contributed by atoms with Crippen molar-refractivity contribution in [3.05, 3.63) is 76.3 Å². The molecule has 2 aliphatic heterocycles. The maximum atomic E-state index is 14.0. The highest BCUT2D eigenvalue weighted by Crippen LogP contribution is 2.50. The SMILES string of the molecule is CCOC(=O)C1=C(N)N(c2ccccc2C(F)(F)F)C2=C(C(=O)CCC2)[C@@H]1c1ccc2c(c1)OCO2. The maximum Gasteiger partial charge on any atom is 0.418 e. The summed E-state index contributed by atoms with van der Waals surface area (Å²) in [6.45, 7) is 1.66. The molecule has 5 rings (SSSR count). The molecule has 0 spiro atoms. The molecule has 10 heteroatoms. The van der Waals surface area contributed by atoms with E-state index in [2.05, 4.69) is 0 Å². The average molecular weight is 500 g/mol. The molecule has 0 radical (unpaired) electrons. The first-order chi connectivity index (χ1) is 17.2. The molecule has 2 heterocycles. The van der Waals surface area contributed by atoms with Crippen LogP contribution in [0.2, 0.25) is 0 Å². The van der Waals surface area contributed by atoms with Crippen molar-refractivity contribution in [1.29, 1.82) is 0 Å². The summed E-state index contributed by atoms with van der Waals surface area (Å²) in [5.41, 5.74) is 6.35. The Bertz CT molecular complexity index is 1310. The highest BCUT2D eigenvalue weighted by molar-refractivity contribution is 6.05. The minimum Gasteiger partial charge on any atom is -0.463 e. The number of para-hydroxylation sites is 1. The van der Waals surface area contributed by atoms with Crippen LogP contribution in [0.5, 0.6) is 11.5 Å². The van der Waals surface area contributed by atoms with Gasteiger partial charge in [-0.05, 0) is 49.6 Å². The van der Waals surface area contributed by atoms with Gasteiger partial charge in [0.05, 0.1) is 29.3 Å². The van der Waals surface area contributed by atoms with E-state index >= 15 is 0 Å². The Labute approximate surface area is 204 Å². The molecule has 1 atom stereocenters. The van der Waals surface area contributed by atoms with Crippen molar-refractivity contribution in [2.24, 2.45) is 5.73 Å². The molecular formula is C26H23F3N2O5. The van der Waals surface area contributed by atoms with E-state index in [1.54, 1.807) is 25.1 Å². The van der Waals surface area contributed by atoms with Crippen LogP contribution in [0.1, 0.15) is 43.2 Å². The van der Waals surface area contributed by atoms with Crippen LogP contribution in [0.3, 0.4) is 0 Å². The van der Waals surface area contributed by atoms with Crippen LogP contribution in [0.4, 0.5) is 18.9 Å². The zero-order valence-electron chi connectivity index (χ0n) is 19.4. The molecule has 0 aromatic heterocycles. The molecule has 3 aliphatic rings. The van der Waals surface area contributed by atoms with Crippen molar-refractivity contribution in [2.45, 2.75) is 38.3 Å². The number of Topliss-reactive ketones (excluding diaryl/α,β-unsaturated/α-hetero) is 1. The summed E-state index contributed by atoms with van der Waals surface area (Å²) < 4.78 is 58.1. The Hall–Kier alpha value is -3.95. The lowest BCUT2D eigenvalue weighted by molar-refractivity contribution is -0.139. The number of halogens is 3. The number of fused-ring (bicyclic) bond motifs is 1. The number of allylic oxidation sites excluding steroid dienone is 2. The Morgan fingerprint density at radius 1 is 1.14 bits per heavy atom. The summed E-state index contributed by atoms with van der Waals surface area (Å²) in [4.78, 5) is 27.8. The molecule has 0 bridgehead atoms. The minimum absolute atomic E-state index is 0.0163. The number of rotatable bonds is 4. The van der Waals surface area contributed by atoms with E-state index in [-0.39, 0.29) is 48.3 Å². The van der Waals surface area contributed by atoms with Crippen LogP contribution in [0.25, 0.3) is 0 Å². The molecular weight excluding hydrogens is 477 g/mol. The number of carbonyl (C=O) groups excluding carboxylic acids is 2. The summed E-state index contributed by atoms with van der Waals surface area (Å²) in [6, 6.07) is 9.97. The number of ether oxygens (including phenoxy) is 3. The lowest BCUT2D eigenvalue weighted by Crippen LogP contribution is -2.41. The van der Waals surface area contributed by atoms with E-state index in [1.165, 1.54) is 23.1 Å².